The molecule has 0 atom stereocenters. The number of rotatable bonds is 6. The monoisotopic (exact) mass is 363 g/mol. The number of carbonyl (C=O) groups is 2. The van der Waals surface area contributed by atoms with E-state index in [1.165, 1.54) is 29.8 Å². The molecule has 0 saturated heterocycles. The molecule has 0 aliphatic heterocycles. The van der Waals surface area contributed by atoms with Gasteiger partial charge < -0.3 is 15.4 Å². The Balaban J connectivity index is 1.53. The number of nitrogens with zero attached hydrogens (tertiary/aromatic N) is 3. The van der Waals surface area contributed by atoms with Gasteiger partial charge in [0, 0.05) is 30.5 Å². The van der Waals surface area contributed by atoms with E-state index in [2.05, 4.69) is 25.6 Å². The number of nitrogens with one attached hydrogen (secondary N) is 2. The average molecular weight is 363 g/mol. The van der Waals surface area contributed by atoms with Gasteiger partial charge in [-0.15, -0.1) is 11.3 Å². The zero-order valence-corrected chi connectivity index (χ0v) is 14.2. The van der Waals surface area contributed by atoms with Crippen LogP contribution in [0.15, 0.2) is 23.7 Å². The van der Waals surface area contributed by atoms with Crippen molar-refractivity contribution in [1.29, 1.82) is 0 Å². The summed E-state index contributed by atoms with van der Waals surface area (Å²) >= 11 is 2.57. The van der Waals surface area contributed by atoms with E-state index >= 15 is 0 Å². The van der Waals surface area contributed by atoms with Gasteiger partial charge in [-0.05, 0) is 6.07 Å². The molecule has 8 nitrogen and oxygen atoms in total. The third-order valence-corrected chi connectivity index (χ3v) is 4.51. The van der Waals surface area contributed by atoms with Gasteiger partial charge in [0.15, 0.2) is 10.3 Å². The first-order valence-electron chi connectivity index (χ1n) is 6.95. The average Bonchev–Trinajstić information content (AvgIpc) is 3.21. The summed E-state index contributed by atoms with van der Waals surface area (Å²) in [7, 11) is 1.54. The summed E-state index contributed by atoms with van der Waals surface area (Å²) in [5.41, 5.74) is 0.678. The van der Waals surface area contributed by atoms with Gasteiger partial charge in [0.2, 0.25) is 17.7 Å². The number of anilines is 2. The Morgan fingerprint density at radius 2 is 1.88 bits per heavy atom. The highest BCUT2D eigenvalue weighted by atomic mass is 32.1. The molecule has 0 aliphatic carbocycles. The molecule has 124 valence electrons. The molecule has 0 radical (unpaired) electrons. The van der Waals surface area contributed by atoms with E-state index in [4.69, 9.17) is 4.74 Å². The van der Waals surface area contributed by atoms with E-state index in [1.807, 2.05) is 0 Å². The van der Waals surface area contributed by atoms with Gasteiger partial charge in [0.25, 0.3) is 0 Å². The predicted octanol–water partition coefficient (Wildman–Crippen LogP) is 2.51. The summed E-state index contributed by atoms with van der Waals surface area (Å²) in [6.45, 7) is 0. The maximum atomic E-state index is 11.9. The van der Waals surface area contributed by atoms with Crippen LogP contribution in [0.1, 0.15) is 12.8 Å². The topological polar surface area (TPSA) is 106 Å². The lowest BCUT2D eigenvalue weighted by Crippen LogP contribution is -2.17. The third kappa shape index (κ3) is 4.03. The molecule has 2 amide bonds. The van der Waals surface area contributed by atoms with E-state index in [9.17, 15) is 9.59 Å². The minimum atomic E-state index is -0.282. The fourth-order valence-corrected chi connectivity index (χ4v) is 3.23. The SMILES string of the molecule is COc1ccc2nc(NC(=O)CCC(=O)Nc3nccs3)sc2n1. The van der Waals surface area contributed by atoms with Crippen LogP contribution in [0.2, 0.25) is 0 Å². The first-order valence-corrected chi connectivity index (χ1v) is 8.64. The van der Waals surface area contributed by atoms with Crippen LogP contribution in [0.5, 0.6) is 5.88 Å². The second kappa shape index (κ2) is 7.32. The zero-order valence-electron chi connectivity index (χ0n) is 12.6. The molecule has 0 bridgehead atoms. The molecule has 3 rings (SSSR count). The van der Waals surface area contributed by atoms with Crippen LogP contribution in [-0.4, -0.2) is 33.9 Å². The molecular formula is C14H13N5O3S2. The molecule has 0 fully saturated rings. The summed E-state index contributed by atoms with van der Waals surface area (Å²) in [6, 6.07) is 3.48. The lowest BCUT2D eigenvalue weighted by Gasteiger charge is -2.02. The maximum Gasteiger partial charge on any atom is 0.226 e. The Labute approximate surface area is 144 Å². The van der Waals surface area contributed by atoms with E-state index < -0.39 is 0 Å². The Hall–Kier alpha value is -2.59. The number of hydrogen-bond acceptors (Lipinski definition) is 8. The molecule has 10 heteroatoms. The van der Waals surface area contributed by atoms with Crippen LogP contribution >= 0.6 is 22.7 Å². The minimum Gasteiger partial charge on any atom is -0.481 e. The van der Waals surface area contributed by atoms with Gasteiger partial charge in [-0.2, -0.15) is 0 Å². The van der Waals surface area contributed by atoms with Crippen molar-refractivity contribution in [2.75, 3.05) is 17.7 Å². The zero-order chi connectivity index (χ0) is 16.9. The lowest BCUT2D eigenvalue weighted by atomic mass is 10.3. The maximum absolute atomic E-state index is 11.9. The van der Waals surface area contributed by atoms with Crippen molar-refractivity contribution in [3.8, 4) is 5.88 Å². The quantitative estimate of drug-likeness (QED) is 0.697. The standard InChI is InChI=1S/C14H13N5O3S2/c1-22-11-5-2-8-12(19-11)24-14(16-8)18-10(21)4-3-9(20)17-13-15-6-7-23-13/h2,5-7H,3-4H2,1H3,(H,15,17,20)(H,16,18,21). The molecule has 0 saturated carbocycles. The molecule has 3 aromatic heterocycles. The van der Waals surface area contributed by atoms with Crippen LogP contribution in [0.4, 0.5) is 10.3 Å². The fraction of sp³-hybridized carbons (Fsp3) is 0.214. The Morgan fingerprint density at radius 1 is 1.12 bits per heavy atom. The molecule has 0 unspecified atom stereocenters. The number of methoxy groups -OCH3 is 1. The van der Waals surface area contributed by atoms with Crippen LogP contribution in [0.25, 0.3) is 10.3 Å². The van der Waals surface area contributed by atoms with Crippen molar-refractivity contribution >= 4 is 55.1 Å². The van der Waals surface area contributed by atoms with E-state index in [1.54, 1.807) is 23.7 Å². The minimum absolute atomic E-state index is 0.0594. The third-order valence-electron chi connectivity index (χ3n) is 2.94. The van der Waals surface area contributed by atoms with E-state index in [-0.39, 0.29) is 24.7 Å². The van der Waals surface area contributed by atoms with Crippen molar-refractivity contribution in [2.45, 2.75) is 12.8 Å². The van der Waals surface area contributed by atoms with Gasteiger partial charge in [0.05, 0.1) is 7.11 Å². The number of thiazole rings is 2. The van der Waals surface area contributed by atoms with Crippen LogP contribution in [-0.2, 0) is 9.59 Å². The Kier molecular flexibility index (Phi) is 4.96. The normalized spacial score (nSPS) is 10.5. The van der Waals surface area contributed by atoms with Gasteiger partial charge in [-0.1, -0.05) is 11.3 Å². The number of aromatic nitrogens is 3. The summed E-state index contributed by atoms with van der Waals surface area (Å²) in [5, 5.41) is 8.03. The molecule has 24 heavy (non-hydrogen) atoms. The summed E-state index contributed by atoms with van der Waals surface area (Å²) in [6.07, 6.45) is 1.73. The first-order chi connectivity index (χ1) is 11.6. The molecule has 0 aromatic carbocycles. The van der Waals surface area contributed by atoms with Gasteiger partial charge >= 0.3 is 0 Å². The number of carbonyl (C=O) groups excluding carboxylic acids is 2. The van der Waals surface area contributed by atoms with Crippen molar-refractivity contribution in [3.63, 3.8) is 0 Å². The predicted molar refractivity (Wildman–Crippen MR) is 92.6 cm³/mol. The second-order valence-corrected chi connectivity index (χ2v) is 6.50. The molecule has 0 aliphatic rings. The molecule has 0 spiro atoms. The highest BCUT2D eigenvalue weighted by Gasteiger charge is 2.12. The first kappa shape index (κ1) is 16.3. The number of hydrogen-bond donors (Lipinski definition) is 2. The highest BCUT2D eigenvalue weighted by molar-refractivity contribution is 7.22. The molecule has 2 N–H and O–H groups in total. The second-order valence-electron chi connectivity index (χ2n) is 4.63. The van der Waals surface area contributed by atoms with Crippen molar-refractivity contribution in [3.05, 3.63) is 23.7 Å². The summed E-state index contributed by atoms with van der Waals surface area (Å²) < 4.78 is 5.05. The fourth-order valence-electron chi connectivity index (χ4n) is 1.84. The summed E-state index contributed by atoms with van der Waals surface area (Å²) in [4.78, 5) is 36.8. The molecule has 3 aromatic rings. The number of fused-ring (bicyclic) bond motifs is 1. The lowest BCUT2D eigenvalue weighted by molar-refractivity contribution is -0.121. The number of pyridine rings is 1. The van der Waals surface area contributed by atoms with E-state index in [0.29, 0.717) is 26.5 Å². The van der Waals surface area contributed by atoms with Crippen LogP contribution in [0, 0.1) is 0 Å². The molecular weight excluding hydrogens is 350 g/mol. The highest BCUT2D eigenvalue weighted by Crippen LogP contribution is 2.26. The Morgan fingerprint density at radius 3 is 2.54 bits per heavy atom. The van der Waals surface area contributed by atoms with Crippen LogP contribution in [0.3, 0.4) is 0 Å². The van der Waals surface area contributed by atoms with Crippen molar-refractivity contribution in [1.82, 2.24) is 15.0 Å². The smallest absolute Gasteiger partial charge is 0.226 e. The van der Waals surface area contributed by atoms with Gasteiger partial charge in [-0.25, -0.2) is 15.0 Å². The van der Waals surface area contributed by atoms with Gasteiger partial charge in [0.1, 0.15) is 10.3 Å². The van der Waals surface area contributed by atoms with Crippen LogP contribution < -0.4 is 15.4 Å². The van der Waals surface area contributed by atoms with Gasteiger partial charge in [-0.3, -0.25) is 9.59 Å². The largest absolute Gasteiger partial charge is 0.481 e. The van der Waals surface area contributed by atoms with Crippen molar-refractivity contribution in [2.24, 2.45) is 0 Å². The number of amides is 2. The number of ether oxygens (including phenoxy) is 1. The van der Waals surface area contributed by atoms with Crippen molar-refractivity contribution < 1.29 is 14.3 Å². The van der Waals surface area contributed by atoms with E-state index in [0.717, 1.165) is 0 Å². The molecule has 3 heterocycles. The summed E-state index contributed by atoms with van der Waals surface area (Å²) in [5.74, 6) is -0.0472. The Bertz CT molecular complexity index is 863.